The SMILES string of the molecule is CCCC(=O)Nc1c2c(nn1-c1cccc(C)c1C)CSC2. The van der Waals surface area contributed by atoms with E-state index in [0.717, 1.165) is 35.1 Å². The summed E-state index contributed by atoms with van der Waals surface area (Å²) < 4.78 is 1.92. The predicted octanol–water partition coefficient (Wildman–Crippen LogP) is 3.97. The second-order valence-electron chi connectivity index (χ2n) is 5.70. The van der Waals surface area contributed by atoms with E-state index in [4.69, 9.17) is 5.10 Å². The second kappa shape index (κ2) is 6.16. The minimum atomic E-state index is 0.0636. The van der Waals surface area contributed by atoms with Crippen LogP contribution in [-0.2, 0) is 16.3 Å². The van der Waals surface area contributed by atoms with Crippen molar-refractivity contribution in [2.75, 3.05) is 5.32 Å². The van der Waals surface area contributed by atoms with Crippen molar-refractivity contribution in [3.05, 3.63) is 40.6 Å². The third-order valence-corrected chi connectivity index (χ3v) is 5.06. The van der Waals surface area contributed by atoms with Gasteiger partial charge in [-0.3, -0.25) is 4.79 Å². The first-order valence-electron chi connectivity index (χ1n) is 7.66. The Morgan fingerprint density at radius 1 is 1.36 bits per heavy atom. The molecule has 5 heteroatoms. The van der Waals surface area contributed by atoms with Crippen LogP contribution >= 0.6 is 11.8 Å². The molecule has 2 heterocycles. The first kappa shape index (κ1) is 15.2. The fourth-order valence-electron chi connectivity index (χ4n) is 2.70. The van der Waals surface area contributed by atoms with E-state index in [9.17, 15) is 4.79 Å². The summed E-state index contributed by atoms with van der Waals surface area (Å²) in [7, 11) is 0. The van der Waals surface area contributed by atoms with Crippen molar-refractivity contribution in [3.63, 3.8) is 0 Å². The molecule has 3 rings (SSSR count). The number of nitrogens with one attached hydrogen (secondary N) is 1. The van der Waals surface area contributed by atoms with Crippen molar-refractivity contribution in [2.45, 2.75) is 45.1 Å². The van der Waals surface area contributed by atoms with E-state index in [0.29, 0.717) is 6.42 Å². The van der Waals surface area contributed by atoms with Gasteiger partial charge in [-0.2, -0.15) is 16.9 Å². The molecule has 1 N–H and O–H groups in total. The summed E-state index contributed by atoms with van der Waals surface area (Å²) >= 11 is 1.85. The monoisotopic (exact) mass is 315 g/mol. The maximum Gasteiger partial charge on any atom is 0.225 e. The van der Waals surface area contributed by atoms with Gasteiger partial charge in [-0.15, -0.1) is 0 Å². The minimum absolute atomic E-state index is 0.0636. The highest BCUT2D eigenvalue weighted by molar-refractivity contribution is 7.98. The summed E-state index contributed by atoms with van der Waals surface area (Å²) in [6, 6.07) is 6.20. The molecule has 1 aliphatic heterocycles. The van der Waals surface area contributed by atoms with Crippen LogP contribution in [-0.4, -0.2) is 15.7 Å². The highest BCUT2D eigenvalue weighted by Crippen LogP contribution is 2.36. The fourth-order valence-corrected chi connectivity index (χ4v) is 3.74. The van der Waals surface area contributed by atoms with Crippen LogP contribution in [0.5, 0.6) is 0 Å². The number of aryl methyl sites for hydroxylation is 1. The molecule has 22 heavy (non-hydrogen) atoms. The Bertz CT molecular complexity index is 721. The number of carbonyl (C=O) groups is 1. The molecule has 0 aliphatic carbocycles. The number of carbonyl (C=O) groups excluding carboxylic acids is 1. The number of anilines is 1. The number of amides is 1. The number of rotatable bonds is 4. The Labute approximate surface area is 135 Å². The number of hydrogen-bond acceptors (Lipinski definition) is 3. The molecule has 0 spiro atoms. The molecule has 1 amide bonds. The van der Waals surface area contributed by atoms with Crippen LogP contribution in [0.4, 0.5) is 5.82 Å². The van der Waals surface area contributed by atoms with Crippen LogP contribution in [0.3, 0.4) is 0 Å². The molecule has 2 aromatic rings. The van der Waals surface area contributed by atoms with Gasteiger partial charge in [-0.05, 0) is 37.5 Å². The van der Waals surface area contributed by atoms with E-state index in [2.05, 4.69) is 31.3 Å². The molecular formula is C17H21N3OS. The molecule has 1 aliphatic rings. The lowest BCUT2D eigenvalue weighted by Gasteiger charge is -2.14. The second-order valence-corrected chi connectivity index (χ2v) is 6.68. The van der Waals surface area contributed by atoms with Crippen molar-refractivity contribution in [1.82, 2.24) is 9.78 Å². The molecule has 0 radical (unpaired) electrons. The van der Waals surface area contributed by atoms with E-state index in [1.165, 1.54) is 16.7 Å². The van der Waals surface area contributed by atoms with Crippen molar-refractivity contribution >= 4 is 23.5 Å². The molecule has 1 aromatic heterocycles. The molecule has 0 atom stereocenters. The lowest BCUT2D eigenvalue weighted by Crippen LogP contribution is -2.16. The summed E-state index contributed by atoms with van der Waals surface area (Å²) in [4.78, 5) is 12.1. The maximum atomic E-state index is 12.1. The van der Waals surface area contributed by atoms with Gasteiger partial charge in [-0.1, -0.05) is 19.1 Å². The Kier molecular flexibility index (Phi) is 4.25. The topological polar surface area (TPSA) is 46.9 Å². The maximum absolute atomic E-state index is 12.1. The van der Waals surface area contributed by atoms with Crippen LogP contribution in [0.2, 0.25) is 0 Å². The lowest BCUT2D eigenvalue weighted by molar-refractivity contribution is -0.116. The Hall–Kier alpha value is -1.75. The van der Waals surface area contributed by atoms with E-state index >= 15 is 0 Å². The largest absolute Gasteiger partial charge is 0.310 e. The highest BCUT2D eigenvalue weighted by Gasteiger charge is 2.25. The Morgan fingerprint density at radius 3 is 2.95 bits per heavy atom. The summed E-state index contributed by atoms with van der Waals surface area (Å²) in [5.74, 6) is 2.76. The van der Waals surface area contributed by atoms with Gasteiger partial charge in [0, 0.05) is 23.5 Å². The smallest absolute Gasteiger partial charge is 0.225 e. The zero-order chi connectivity index (χ0) is 15.7. The summed E-state index contributed by atoms with van der Waals surface area (Å²) in [6.07, 6.45) is 1.39. The molecule has 4 nitrogen and oxygen atoms in total. The van der Waals surface area contributed by atoms with E-state index in [1.807, 2.05) is 29.4 Å². The van der Waals surface area contributed by atoms with Crippen LogP contribution < -0.4 is 5.32 Å². The van der Waals surface area contributed by atoms with Gasteiger partial charge in [0.1, 0.15) is 5.82 Å². The van der Waals surface area contributed by atoms with Gasteiger partial charge in [0.15, 0.2) is 0 Å². The van der Waals surface area contributed by atoms with E-state index in [1.54, 1.807) is 0 Å². The summed E-state index contributed by atoms with van der Waals surface area (Å²) in [6.45, 7) is 6.22. The average molecular weight is 315 g/mol. The van der Waals surface area contributed by atoms with Crippen molar-refractivity contribution in [1.29, 1.82) is 0 Å². The van der Waals surface area contributed by atoms with E-state index < -0.39 is 0 Å². The average Bonchev–Trinajstić information content (AvgIpc) is 3.05. The van der Waals surface area contributed by atoms with Crippen LogP contribution in [0, 0.1) is 13.8 Å². The first-order chi connectivity index (χ1) is 10.6. The Morgan fingerprint density at radius 2 is 2.18 bits per heavy atom. The number of fused-ring (bicyclic) bond motifs is 1. The third kappa shape index (κ3) is 2.65. The van der Waals surface area contributed by atoms with Crippen LogP contribution in [0.1, 0.15) is 42.1 Å². The van der Waals surface area contributed by atoms with Gasteiger partial charge in [0.05, 0.1) is 11.4 Å². The van der Waals surface area contributed by atoms with Gasteiger partial charge in [0.25, 0.3) is 0 Å². The fraction of sp³-hybridized carbons (Fsp3) is 0.412. The third-order valence-electron chi connectivity index (χ3n) is 4.09. The van der Waals surface area contributed by atoms with Gasteiger partial charge in [0.2, 0.25) is 5.91 Å². The van der Waals surface area contributed by atoms with Crippen LogP contribution in [0.15, 0.2) is 18.2 Å². The molecule has 0 saturated carbocycles. The number of thioether (sulfide) groups is 1. The van der Waals surface area contributed by atoms with Crippen molar-refractivity contribution < 1.29 is 4.79 Å². The number of nitrogens with zero attached hydrogens (tertiary/aromatic N) is 2. The lowest BCUT2D eigenvalue weighted by atomic mass is 10.1. The molecule has 0 saturated heterocycles. The normalized spacial score (nSPS) is 13.2. The molecule has 0 bridgehead atoms. The summed E-state index contributed by atoms with van der Waals surface area (Å²) in [5, 5.41) is 7.84. The number of benzene rings is 1. The Balaban J connectivity index is 2.08. The quantitative estimate of drug-likeness (QED) is 0.928. The van der Waals surface area contributed by atoms with Crippen LogP contribution in [0.25, 0.3) is 5.69 Å². The molecule has 0 unspecified atom stereocenters. The van der Waals surface area contributed by atoms with Gasteiger partial charge in [-0.25, -0.2) is 4.68 Å². The molecular weight excluding hydrogens is 294 g/mol. The van der Waals surface area contributed by atoms with Gasteiger partial charge < -0.3 is 5.32 Å². The standard InChI is InChI=1S/C17H21N3OS/c1-4-6-16(21)18-17-13-9-22-10-14(13)19-20(17)15-8-5-7-11(2)12(15)3/h5,7-8H,4,6,9-10H2,1-3H3,(H,18,21). The highest BCUT2D eigenvalue weighted by atomic mass is 32.2. The zero-order valence-corrected chi connectivity index (χ0v) is 14.1. The van der Waals surface area contributed by atoms with Gasteiger partial charge >= 0.3 is 0 Å². The molecule has 116 valence electrons. The predicted molar refractivity (Wildman–Crippen MR) is 91.6 cm³/mol. The number of aromatic nitrogens is 2. The molecule has 1 aromatic carbocycles. The zero-order valence-electron chi connectivity index (χ0n) is 13.3. The number of hydrogen-bond donors (Lipinski definition) is 1. The van der Waals surface area contributed by atoms with E-state index in [-0.39, 0.29) is 5.91 Å². The van der Waals surface area contributed by atoms with Crippen molar-refractivity contribution in [3.8, 4) is 5.69 Å². The first-order valence-corrected chi connectivity index (χ1v) is 8.82. The minimum Gasteiger partial charge on any atom is -0.310 e. The summed E-state index contributed by atoms with van der Waals surface area (Å²) in [5.41, 5.74) is 5.75. The molecule has 0 fully saturated rings. The van der Waals surface area contributed by atoms with Crippen molar-refractivity contribution in [2.24, 2.45) is 0 Å².